The van der Waals surface area contributed by atoms with Crippen molar-refractivity contribution in [1.29, 1.82) is 0 Å². The maximum absolute atomic E-state index is 9.02. The minimum Gasteiger partial charge on any atom is -0.396 e. The standard InChI is InChI=1S/C13H26N2O/c1-15-9-12(5-6-16)7-13(10-15)14-8-11-3-2-4-11/h11-14,16H,2-10H2,1H3. The monoisotopic (exact) mass is 226 g/mol. The average Bonchev–Trinajstić information content (AvgIpc) is 2.14. The van der Waals surface area contributed by atoms with Crippen LogP contribution in [0.3, 0.4) is 0 Å². The van der Waals surface area contributed by atoms with Gasteiger partial charge in [0.15, 0.2) is 0 Å². The number of rotatable bonds is 5. The molecule has 16 heavy (non-hydrogen) atoms. The van der Waals surface area contributed by atoms with Crippen LogP contribution in [-0.2, 0) is 0 Å². The Morgan fingerprint density at radius 1 is 1.25 bits per heavy atom. The molecule has 0 aromatic heterocycles. The Hall–Kier alpha value is -0.120. The van der Waals surface area contributed by atoms with Crippen LogP contribution >= 0.6 is 0 Å². The molecule has 0 aromatic rings. The van der Waals surface area contributed by atoms with Gasteiger partial charge in [-0.3, -0.25) is 0 Å². The molecular formula is C13H26N2O. The largest absolute Gasteiger partial charge is 0.396 e. The quantitative estimate of drug-likeness (QED) is 0.736. The van der Waals surface area contributed by atoms with Crippen molar-refractivity contribution in [3.05, 3.63) is 0 Å². The SMILES string of the molecule is CN1CC(CCO)CC(NCC2CCC2)C1. The fourth-order valence-corrected chi connectivity index (χ4v) is 3.01. The van der Waals surface area contributed by atoms with E-state index in [-0.39, 0.29) is 0 Å². The van der Waals surface area contributed by atoms with Crippen molar-refractivity contribution in [2.75, 3.05) is 33.3 Å². The first-order chi connectivity index (χ1) is 7.78. The van der Waals surface area contributed by atoms with Crippen LogP contribution in [0.15, 0.2) is 0 Å². The van der Waals surface area contributed by atoms with Crippen molar-refractivity contribution in [2.24, 2.45) is 11.8 Å². The molecule has 2 fully saturated rings. The second-order valence-electron chi connectivity index (χ2n) is 5.74. The maximum Gasteiger partial charge on any atom is 0.0434 e. The van der Waals surface area contributed by atoms with Crippen molar-refractivity contribution in [2.45, 2.75) is 38.1 Å². The third kappa shape index (κ3) is 3.44. The van der Waals surface area contributed by atoms with Gasteiger partial charge in [0.1, 0.15) is 0 Å². The van der Waals surface area contributed by atoms with Crippen LogP contribution in [0.1, 0.15) is 32.1 Å². The molecule has 0 bridgehead atoms. The van der Waals surface area contributed by atoms with Crippen LogP contribution in [-0.4, -0.2) is 49.3 Å². The van der Waals surface area contributed by atoms with Crippen molar-refractivity contribution in [1.82, 2.24) is 10.2 Å². The Morgan fingerprint density at radius 2 is 2.06 bits per heavy atom. The van der Waals surface area contributed by atoms with E-state index in [4.69, 9.17) is 5.11 Å². The van der Waals surface area contributed by atoms with Crippen molar-refractivity contribution in [3.8, 4) is 0 Å². The number of likely N-dealkylation sites (N-methyl/N-ethyl adjacent to an activating group) is 1. The van der Waals surface area contributed by atoms with Crippen molar-refractivity contribution >= 4 is 0 Å². The Balaban J connectivity index is 1.70. The summed E-state index contributed by atoms with van der Waals surface area (Å²) in [5.41, 5.74) is 0. The second-order valence-corrected chi connectivity index (χ2v) is 5.74. The average molecular weight is 226 g/mol. The zero-order valence-electron chi connectivity index (χ0n) is 10.5. The molecule has 2 unspecified atom stereocenters. The molecule has 0 radical (unpaired) electrons. The number of hydrogen-bond donors (Lipinski definition) is 2. The normalized spacial score (nSPS) is 32.6. The lowest BCUT2D eigenvalue weighted by Crippen LogP contribution is -2.49. The van der Waals surface area contributed by atoms with Crippen LogP contribution in [0, 0.1) is 11.8 Å². The molecule has 1 saturated carbocycles. The summed E-state index contributed by atoms with van der Waals surface area (Å²) >= 11 is 0. The molecule has 3 nitrogen and oxygen atoms in total. The molecule has 2 atom stereocenters. The molecule has 1 aliphatic carbocycles. The molecular weight excluding hydrogens is 200 g/mol. The minimum absolute atomic E-state index is 0.341. The van der Waals surface area contributed by atoms with Gasteiger partial charge in [0, 0.05) is 25.7 Å². The number of piperidine rings is 1. The Labute approximate surface area is 99.2 Å². The first-order valence-corrected chi connectivity index (χ1v) is 6.80. The van der Waals surface area contributed by atoms with Gasteiger partial charge in [-0.05, 0) is 51.1 Å². The number of hydrogen-bond acceptors (Lipinski definition) is 3. The third-order valence-corrected chi connectivity index (χ3v) is 4.18. The van der Waals surface area contributed by atoms with Crippen molar-refractivity contribution < 1.29 is 5.11 Å². The van der Waals surface area contributed by atoms with Crippen LogP contribution in [0.4, 0.5) is 0 Å². The molecule has 2 rings (SSSR count). The number of aliphatic hydroxyl groups is 1. The van der Waals surface area contributed by atoms with Crippen LogP contribution in [0.25, 0.3) is 0 Å². The van der Waals surface area contributed by atoms with Crippen molar-refractivity contribution in [3.63, 3.8) is 0 Å². The number of nitrogens with zero attached hydrogens (tertiary/aromatic N) is 1. The van der Waals surface area contributed by atoms with Gasteiger partial charge in [-0.2, -0.15) is 0 Å². The lowest BCUT2D eigenvalue weighted by atomic mass is 9.85. The van der Waals surface area contributed by atoms with Crippen LogP contribution in [0.5, 0.6) is 0 Å². The van der Waals surface area contributed by atoms with E-state index in [1.165, 1.54) is 38.8 Å². The van der Waals surface area contributed by atoms with Gasteiger partial charge in [-0.1, -0.05) is 6.42 Å². The lowest BCUT2D eigenvalue weighted by molar-refractivity contribution is 0.137. The highest BCUT2D eigenvalue weighted by atomic mass is 16.3. The molecule has 2 aliphatic rings. The molecule has 1 saturated heterocycles. The predicted molar refractivity (Wildman–Crippen MR) is 66.4 cm³/mol. The second kappa shape index (κ2) is 5.99. The topological polar surface area (TPSA) is 35.5 Å². The molecule has 1 aliphatic heterocycles. The molecule has 3 heteroatoms. The van der Waals surface area contributed by atoms with Gasteiger partial charge in [-0.15, -0.1) is 0 Å². The van der Waals surface area contributed by atoms with Gasteiger partial charge in [0.2, 0.25) is 0 Å². The number of aliphatic hydroxyl groups excluding tert-OH is 1. The van der Waals surface area contributed by atoms with E-state index in [1.807, 2.05) is 0 Å². The Kier molecular flexibility index (Phi) is 4.62. The minimum atomic E-state index is 0.341. The summed E-state index contributed by atoms with van der Waals surface area (Å²) in [6.07, 6.45) is 6.50. The van der Waals surface area contributed by atoms with Gasteiger partial charge in [0.05, 0.1) is 0 Å². The summed E-state index contributed by atoms with van der Waals surface area (Å²) in [7, 11) is 2.20. The molecule has 0 spiro atoms. The highest BCUT2D eigenvalue weighted by Crippen LogP contribution is 2.26. The summed E-state index contributed by atoms with van der Waals surface area (Å²) in [4.78, 5) is 2.41. The van der Waals surface area contributed by atoms with E-state index in [1.54, 1.807) is 0 Å². The van der Waals surface area contributed by atoms with E-state index in [9.17, 15) is 0 Å². The first kappa shape index (κ1) is 12.3. The smallest absolute Gasteiger partial charge is 0.0434 e. The molecule has 94 valence electrons. The highest BCUT2D eigenvalue weighted by Gasteiger charge is 2.26. The number of nitrogens with one attached hydrogen (secondary N) is 1. The lowest BCUT2D eigenvalue weighted by Gasteiger charge is -2.37. The van der Waals surface area contributed by atoms with Gasteiger partial charge in [-0.25, -0.2) is 0 Å². The first-order valence-electron chi connectivity index (χ1n) is 6.80. The van der Waals surface area contributed by atoms with Crippen LogP contribution in [0.2, 0.25) is 0 Å². The van der Waals surface area contributed by atoms with Gasteiger partial charge >= 0.3 is 0 Å². The summed E-state index contributed by atoms with van der Waals surface area (Å²) in [6, 6.07) is 0.649. The van der Waals surface area contributed by atoms with Crippen LogP contribution < -0.4 is 5.32 Å². The van der Waals surface area contributed by atoms with E-state index >= 15 is 0 Å². The van der Waals surface area contributed by atoms with E-state index in [0.717, 1.165) is 18.9 Å². The summed E-state index contributed by atoms with van der Waals surface area (Å²) in [5.74, 6) is 1.63. The predicted octanol–water partition coefficient (Wildman–Crippen LogP) is 1.08. The highest BCUT2D eigenvalue weighted by molar-refractivity contribution is 4.83. The zero-order valence-corrected chi connectivity index (χ0v) is 10.5. The van der Waals surface area contributed by atoms with Gasteiger partial charge < -0.3 is 15.3 Å². The molecule has 2 N–H and O–H groups in total. The third-order valence-electron chi connectivity index (χ3n) is 4.18. The van der Waals surface area contributed by atoms with Gasteiger partial charge in [0.25, 0.3) is 0 Å². The number of likely N-dealkylation sites (tertiary alicyclic amines) is 1. The molecule has 0 aromatic carbocycles. The summed E-state index contributed by atoms with van der Waals surface area (Å²) in [6.45, 7) is 3.88. The van der Waals surface area contributed by atoms with E-state index in [0.29, 0.717) is 18.6 Å². The zero-order chi connectivity index (χ0) is 11.4. The fraction of sp³-hybridized carbons (Fsp3) is 1.00. The molecule has 0 amide bonds. The Bertz CT molecular complexity index is 206. The van der Waals surface area contributed by atoms with E-state index in [2.05, 4.69) is 17.3 Å². The summed E-state index contributed by atoms with van der Waals surface area (Å²) < 4.78 is 0. The maximum atomic E-state index is 9.02. The summed E-state index contributed by atoms with van der Waals surface area (Å²) in [5, 5.41) is 12.7. The molecule has 1 heterocycles. The Morgan fingerprint density at radius 3 is 2.69 bits per heavy atom. The van der Waals surface area contributed by atoms with E-state index < -0.39 is 0 Å². The fourth-order valence-electron chi connectivity index (χ4n) is 3.01.